The van der Waals surface area contributed by atoms with Crippen molar-refractivity contribution in [3.63, 3.8) is 0 Å². The van der Waals surface area contributed by atoms with Crippen LogP contribution in [0.25, 0.3) is 0 Å². The van der Waals surface area contributed by atoms with E-state index in [0.717, 1.165) is 44.9 Å². The van der Waals surface area contributed by atoms with Gasteiger partial charge >= 0.3 is 5.97 Å². The number of carbonyl (C=O) groups is 2. The molecule has 0 aromatic heterocycles. The Labute approximate surface area is 507 Å². The van der Waals surface area contributed by atoms with Crippen molar-refractivity contribution < 1.29 is 24.5 Å². The van der Waals surface area contributed by atoms with Crippen LogP contribution in [-0.2, 0) is 14.3 Å². The molecule has 2 atom stereocenters. The summed E-state index contributed by atoms with van der Waals surface area (Å²) in [5.41, 5.74) is 0. The Hall–Kier alpha value is -1.66. The third kappa shape index (κ3) is 67.3. The van der Waals surface area contributed by atoms with Gasteiger partial charge in [0.1, 0.15) is 0 Å². The smallest absolute Gasteiger partial charge is 0.305 e. The van der Waals surface area contributed by atoms with E-state index >= 15 is 0 Å². The van der Waals surface area contributed by atoms with Crippen LogP contribution in [0.1, 0.15) is 418 Å². The highest BCUT2D eigenvalue weighted by Crippen LogP contribution is 2.19. The molecular weight excluding hydrogens is 995 g/mol. The van der Waals surface area contributed by atoms with E-state index in [0.29, 0.717) is 19.4 Å². The van der Waals surface area contributed by atoms with Gasteiger partial charge in [-0.3, -0.25) is 9.59 Å². The fourth-order valence-electron chi connectivity index (χ4n) is 11.8. The topological polar surface area (TPSA) is 95.9 Å². The molecule has 0 aromatic carbocycles. The predicted molar refractivity (Wildman–Crippen MR) is 356 cm³/mol. The summed E-state index contributed by atoms with van der Waals surface area (Å²) in [6.07, 6.45) is 90.2. The summed E-state index contributed by atoms with van der Waals surface area (Å²) >= 11 is 0. The average Bonchev–Trinajstić information content (AvgIpc) is 3.47. The van der Waals surface area contributed by atoms with Crippen LogP contribution in [0.2, 0.25) is 0 Å². The molecule has 0 saturated heterocycles. The summed E-state index contributed by atoms with van der Waals surface area (Å²) in [5.74, 6) is -0.0455. The quantitative estimate of drug-likeness (QED) is 0.0320. The van der Waals surface area contributed by atoms with Gasteiger partial charge in [-0.25, -0.2) is 0 Å². The highest BCUT2D eigenvalue weighted by atomic mass is 16.5. The molecular formula is C75H145NO5. The summed E-state index contributed by atoms with van der Waals surface area (Å²) in [6, 6.07) is -0.621. The van der Waals surface area contributed by atoms with E-state index < -0.39 is 12.1 Å². The number of hydrogen-bond acceptors (Lipinski definition) is 5. The number of rotatable bonds is 70. The molecule has 3 N–H and O–H groups in total. The molecule has 0 saturated carbocycles. The van der Waals surface area contributed by atoms with Crippen LogP contribution in [0.3, 0.4) is 0 Å². The zero-order valence-corrected chi connectivity index (χ0v) is 55.0. The lowest BCUT2D eigenvalue weighted by Gasteiger charge is -2.20. The third-order valence-corrected chi connectivity index (χ3v) is 17.5. The second-order valence-electron chi connectivity index (χ2n) is 25.6. The minimum atomic E-state index is -0.838. The van der Waals surface area contributed by atoms with Crippen molar-refractivity contribution in [3.8, 4) is 0 Å². The average molecular weight is 1140 g/mol. The molecule has 2 unspecified atom stereocenters. The first-order valence-electron chi connectivity index (χ1n) is 37.1. The highest BCUT2D eigenvalue weighted by molar-refractivity contribution is 5.76. The van der Waals surface area contributed by atoms with Gasteiger partial charge < -0.3 is 20.3 Å². The van der Waals surface area contributed by atoms with E-state index in [1.54, 1.807) is 6.08 Å². The molecule has 0 heterocycles. The Bertz CT molecular complexity index is 1270. The molecule has 0 fully saturated rings. The number of aliphatic hydroxyl groups is 2. The van der Waals surface area contributed by atoms with Gasteiger partial charge in [0, 0.05) is 12.8 Å². The Morgan fingerprint density at radius 1 is 0.333 bits per heavy atom. The maximum absolute atomic E-state index is 12.5. The van der Waals surface area contributed by atoms with Gasteiger partial charge in [-0.2, -0.15) is 0 Å². The zero-order valence-electron chi connectivity index (χ0n) is 55.0. The minimum absolute atomic E-state index is 0.0151. The van der Waals surface area contributed by atoms with Crippen LogP contribution in [0.15, 0.2) is 24.3 Å². The molecule has 0 aromatic rings. The van der Waals surface area contributed by atoms with Gasteiger partial charge in [0.2, 0.25) is 5.91 Å². The summed E-state index contributed by atoms with van der Waals surface area (Å²) in [6.45, 7) is 4.91. The van der Waals surface area contributed by atoms with Crippen LogP contribution in [0.4, 0.5) is 0 Å². The maximum Gasteiger partial charge on any atom is 0.305 e. The third-order valence-electron chi connectivity index (χ3n) is 17.5. The number of ether oxygens (including phenoxy) is 1. The molecule has 6 nitrogen and oxygen atoms in total. The molecule has 0 aliphatic carbocycles. The summed E-state index contributed by atoms with van der Waals surface area (Å²) in [4.78, 5) is 24.5. The molecule has 0 aliphatic heterocycles. The number of nitrogens with one attached hydrogen (secondary N) is 1. The van der Waals surface area contributed by atoms with Crippen molar-refractivity contribution in [2.24, 2.45) is 0 Å². The Kier molecular flexibility index (Phi) is 69.4. The molecule has 81 heavy (non-hydrogen) atoms. The van der Waals surface area contributed by atoms with Crippen LogP contribution < -0.4 is 5.32 Å². The van der Waals surface area contributed by atoms with Gasteiger partial charge in [0.15, 0.2) is 0 Å². The predicted octanol–water partition coefficient (Wildman–Crippen LogP) is 24.1. The second-order valence-corrected chi connectivity index (χ2v) is 25.6. The molecule has 0 bridgehead atoms. The van der Waals surface area contributed by atoms with E-state index in [1.165, 1.54) is 347 Å². The van der Waals surface area contributed by atoms with Gasteiger partial charge in [0.05, 0.1) is 25.4 Å². The molecule has 1 amide bonds. The van der Waals surface area contributed by atoms with E-state index in [4.69, 9.17) is 4.74 Å². The van der Waals surface area contributed by atoms with Gasteiger partial charge in [0.25, 0.3) is 0 Å². The first kappa shape index (κ1) is 79.3. The lowest BCUT2D eigenvalue weighted by molar-refractivity contribution is -0.143. The number of amides is 1. The fraction of sp³-hybridized carbons (Fsp3) is 0.920. The SMILES string of the molecule is CCCCCC/C=C\CCCCCCCC(=O)OCCCCCCCCCCCCCCCCCCCCCCCCCCCCCCCCCCCCCCCCCC(=O)NC(CO)C(O)/C=C/CCCCCCCCCCCC. The monoisotopic (exact) mass is 1140 g/mol. The van der Waals surface area contributed by atoms with Crippen molar-refractivity contribution in [2.45, 2.75) is 431 Å². The molecule has 0 rings (SSSR count). The van der Waals surface area contributed by atoms with E-state index in [2.05, 4.69) is 31.3 Å². The van der Waals surface area contributed by atoms with Gasteiger partial charge in [-0.1, -0.05) is 372 Å². The summed E-state index contributed by atoms with van der Waals surface area (Å²) in [7, 11) is 0. The summed E-state index contributed by atoms with van der Waals surface area (Å²) in [5, 5.41) is 23.1. The van der Waals surface area contributed by atoms with Crippen LogP contribution >= 0.6 is 0 Å². The molecule has 0 spiro atoms. The Balaban J connectivity index is 3.28. The fourth-order valence-corrected chi connectivity index (χ4v) is 11.8. The molecule has 6 heteroatoms. The minimum Gasteiger partial charge on any atom is -0.466 e. The first-order valence-corrected chi connectivity index (χ1v) is 37.1. The molecule has 0 aliphatic rings. The van der Waals surface area contributed by atoms with E-state index in [9.17, 15) is 19.8 Å². The zero-order chi connectivity index (χ0) is 58.5. The van der Waals surface area contributed by atoms with Crippen LogP contribution in [0.5, 0.6) is 0 Å². The van der Waals surface area contributed by atoms with Crippen molar-refractivity contribution >= 4 is 11.9 Å². The first-order chi connectivity index (χ1) is 40.0. The normalized spacial score (nSPS) is 12.6. The van der Waals surface area contributed by atoms with Crippen LogP contribution in [0, 0.1) is 0 Å². The number of carbonyl (C=O) groups excluding carboxylic acids is 2. The van der Waals surface area contributed by atoms with Crippen molar-refractivity contribution in [1.29, 1.82) is 0 Å². The number of allylic oxidation sites excluding steroid dienone is 3. The van der Waals surface area contributed by atoms with Crippen molar-refractivity contribution in [2.75, 3.05) is 13.2 Å². The summed E-state index contributed by atoms with van der Waals surface area (Å²) < 4.78 is 5.49. The van der Waals surface area contributed by atoms with Crippen LogP contribution in [-0.4, -0.2) is 47.4 Å². The van der Waals surface area contributed by atoms with Gasteiger partial charge in [-0.15, -0.1) is 0 Å². The Morgan fingerprint density at radius 3 is 0.889 bits per heavy atom. The lowest BCUT2D eigenvalue weighted by Crippen LogP contribution is -2.45. The second kappa shape index (κ2) is 70.8. The largest absolute Gasteiger partial charge is 0.466 e. The maximum atomic E-state index is 12.5. The lowest BCUT2D eigenvalue weighted by atomic mass is 10.0. The number of unbranched alkanes of at least 4 members (excludes halogenated alkanes) is 57. The van der Waals surface area contributed by atoms with Crippen molar-refractivity contribution in [3.05, 3.63) is 24.3 Å². The number of hydrogen-bond donors (Lipinski definition) is 3. The van der Waals surface area contributed by atoms with Crippen molar-refractivity contribution in [1.82, 2.24) is 5.32 Å². The highest BCUT2D eigenvalue weighted by Gasteiger charge is 2.18. The number of esters is 1. The van der Waals surface area contributed by atoms with E-state index in [-0.39, 0.29) is 18.5 Å². The number of aliphatic hydroxyl groups excluding tert-OH is 2. The standard InChI is InChI=1S/C75H145NO5/c1-3-5-7-9-11-13-15-44-49-53-57-61-65-69-75(80)81-70-66-62-58-54-50-46-43-41-39-37-35-33-31-29-27-25-23-21-19-17-18-20-22-24-26-28-30-32-34-36-38-40-42-45-48-52-56-60-64-68-74(79)76-72(71-77)73(78)67-63-59-55-51-47-16-14-12-10-8-6-4-2/h13,15,63,67,72-73,77-78H,3-12,14,16-62,64-66,68-71H2,1-2H3,(H,76,79)/b15-13-,67-63+. The Morgan fingerprint density at radius 2 is 0.580 bits per heavy atom. The van der Waals surface area contributed by atoms with Gasteiger partial charge in [-0.05, 0) is 57.8 Å². The molecule has 480 valence electrons. The van der Waals surface area contributed by atoms with E-state index in [1.807, 2.05) is 6.08 Å². The molecule has 0 radical (unpaired) electrons.